The minimum Gasteiger partial charge on any atom is -0.465 e. The van der Waals surface area contributed by atoms with E-state index in [4.69, 9.17) is 5.26 Å². The number of esters is 1. The van der Waals surface area contributed by atoms with Crippen molar-refractivity contribution in [3.63, 3.8) is 0 Å². The van der Waals surface area contributed by atoms with E-state index in [-0.39, 0.29) is 12.9 Å². The first-order chi connectivity index (χ1) is 25.6. The highest BCUT2D eigenvalue weighted by molar-refractivity contribution is 7.96. The first-order valence-electron chi connectivity index (χ1n) is 17.7. The summed E-state index contributed by atoms with van der Waals surface area (Å²) in [5.74, 6) is -2.04. The predicted octanol–water partition coefficient (Wildman–Crippen LogP) is 7.64. The molecule has 0 aromatic heterocycles. The van der Waals surface area contributed by atoms with Crippen LogP contribution in [0.15, 0.2) is 182 Å². The molecule has 0 saturated carbocycles. The molecule has 6 rings (SSSR count). The average Bonchev–Trinajstić information content (AvgIpc) is 3.22. The Morgan fingerprint density at radius 3 is 0.981 bits per heavy atom. The highest BCUT2D eigenvalue weighted by atomic mass is 31.2. The van der Waals surface area contributed by atoms with Gasteiger partial charge >= 0.3 is 5.97 Å². The summed E-state index contributed by atoms with van der Waals surface area (Å²) in [5.41, 5.74) is 0. The Balaban J connectivity index is 0.000000459. The second-order valence-electron chi connectivity index (χ2n) is 12.3. The number of hydrogen-bond donors (Lipinski definition) is 0. The third-order valence-corrected chi connectivity index (χ3v) is 18.3. The minimum atomic E-state index is -1.84. The monoisotopic (exact) mass is 721 g/mol. The van der Waals surface area contributed by atoms with Crippen molar-refractivity contribution >= 4 is 58.6 Å². The number of ether oxygens (including phenoxy) is 1. The van der Waals surface area contributed by atoms with Crippen LogP contribution in [-0.2, 0) is 14.3 Å². The summed E-state index contributed by atoms with van der Waals surface area (Å²) >= 11 is 0. The lowest BCUT2D eigenvalue weighted by Crippen LogP contribution is -2.34. The van der Waals surface area contributed by atoms with E-state index in [1.54, 1.807) is 6.92 Å². The molecule has 260 valence electrons. The Kier molecular flexibility index (Phi) is 14.2. The van der Waals surface area contributed by atoms with Gasteiger partial charge in [-0.1, -0.05) is 109 Å². The van der Waals surface area contributed by atoms with Crippen molar-refractivity contribution < 1.29 is 14.3 Å². The maximum Gasteiger partial charge on any atom is 0.330 e. The summed E-state index contributed by atoms with van der Waals surface area (Å²) in [4.78, 5) is 20.5. The number of hydrogen-bond acceptors (Lipinski definition) is 4. The van der Waals surface area contributed by atoms with Crippen molar-refractivity contribution in [1.29, 1.82) is 5.26 Å². The van der Waals surface area contributed by atoms with Gasteiger partial charge in [0.25, 0.3) is 0 Å². The lowest BCUT2D eigenvalue weighted by atomic mass is 10.2. The van der Waals surface area contributed by atoms with E-state index in [1.807, 2.05) is 0 Å². The molecule has 0 bridgehead atoms. The largest absolute Gasteiger partial charge is 0.465 e. The number of carbonyl (C=O) groups excluding carboxylic acids is 2. The van der Waals surface area contributed by atoms with E-state index >= 15 is 0 Å². The number of aldehydes is 1. The lowest BCUT2D eigenvalue weighted by molar-refractivity contribution is -0.147. The number of nitriles is 1. The lowest BCUT2D eigenvalue weighted by Gasteiger charge is -2.29. The van der Waals surface area contributed by atoms with Gasteiger partial charge in [-0.05, 0) is 92.6 Å². The quantitative estimate of drug-likeness (QED) is 0.0382. The molecule has 6 aromatic rings. The molecular weight excluding hydrogens is 676 g/mol. The van der Waals surface area contributed by atoms with Crippen LogP contribution in [0.2, 0.25) is 0 Å². The SMILES string of the molecule is CCOC(=O)C(C#N)C=O.c1ccc([P+](CCCC[P+](c2ccccc2)(c2ccccc2)c2ccccc2)(c2ccccc2)c2ccccc2)cc1. The van der Waals surface area contributed by atoms with Crippen LogP contribution in [0.1, 0.15) is 19.8 Å². The van der Waals surface area contributed by atoms with Gasteiger partial charge < -0.3 is 9.53 Å². The Hall–Kier alpha value is -5.19. The molecule has 0 aliphatic heterocycles. The van der Waals surface area contributed by atoms with Gasteiger partial charge in [-0.2, -0.15) is 5.26 Å². The number of unbranched alkanes of at least 4 members (excludes halogenated alkanes) is 1. The fourth-order valence-electron chi connectivity index (χ4n) is 6.83. The normalized spacial score (nSPS) is 11.6. The van der Waals surface area contributed by atoms with E-state index in [9.17, 15) is 9.59 Å². The zero-order valence-electron chi connectivity index (χ0n) is 29.6. The summed E-state index contributed by atoms with van der Waals surface area (Å²) in [6.07, 6.45) is 4.91. The van der Waals surface area contributed by atoms with Gasteiger partial charge in [-0.25, -0.2) is 0 Å². The van der Waals surface area contributed by atoms with E-state index in [0.29, 0.717) is 0 Å². The minimum absolute atomic E-state index is 0.185. The highest BCUT2D eigenvalue weighted by Crippen LogP contribution is 2.58. The van der Waals surface area contributed by atoms with Crippen LogP contribution in [0, 0.1) is 17.2 Å². The first kappa shape index (κ1) is 38.1. The number of nitrogens with zero attached hydrogens (tertiary/aromatic N) is 1. The molecule has 0 N–H and O–H groups in total. The third-order valence-electron chi connectivity index (χ3n) is 9.23. The van der Waals surface area contributed by atoms with Crippen molar-refractivity contribution in [2.75, 3.05) is 18.9 Å². The van der Waals surface area contributed by atoms with E-state index in [1.165, 1.54) is 50.7 Å². The molecule has 0 amide bonds. The average molecular weight is 722 g/mol. The molecule has 0 radical (unpaired) electrons. The summed E-state index contributed by atoms with van der Waals surface area (Å²) < 4.78 is 4.39. The zero-order valence-corrected chi connectivity index (χ0v) is 31.4. The molecule has 0 aliphatic rings. The molecule has 6 aromatic carbocycles. The van der Waals surface area contributed by atoms with Crippen LogP contribution >= 0.6 is 14.5 Å². The Morgan fingerprint density at radius 1 is 0.538 bits per heavy atom. The van der Waals surface area contributed by atoms with Gasteiger partial charge in [-0.15, -0.1) is 0 Å². The predicted molar refractivity (Wildman–Crippen MR) is 221 cm³/mol. The molecule has 1 atom stereocenters. The molecule has 6 heteroatoms. The molecule has 52 heavy (non-hydrogen) atoms. The third kappa shape index (κ3) is 8.81. The second kappa shape index (κ2) is 19.4. The highest BCUT2D eigenvalue weighted by Gasteiger charge is 2.47. The Bertz CT molecular complexity index is 1670. The number of benzene rings is 6. The standard InChI is InChI=1S/C40H38P2.C6H7NO3/c1-7-21-35(22-8-1)41(36-23-9-2-10-24-36,37-25-11-3-12-26-37)33-19-20-34-42(38-27-13-4-14-28-38,39-29-15-5-16-30-39)40-31-17-6-18-32-40;1-2-10-6(9)5(3-7)4-8/h1-18,21-32H,19-20,33-34H2;4-5H,2H2,1H3/q+2;. The van der Waals surface area contributed by atoms with E-state index in [2.05, 4.69) is 187 Å². The summed E-state index contributed by atoms with van der Waals surface area (Å²) in [6.45, 7) is 1.79. The topological polar surface area (TPSA) is 67.2 Å². The Labute approximate surface area is 309 Å². The molecular formula is C46H45NO3P2+2. The fraction of sp³-hybridized carbons (Fsp3) is 0.152. The first-order valence-corrected chi connectivity index (χ1v) is 21.7. The van der Waals surface area contributed by atoms with Crippen LogP contribution < -0.4 is 31.8 Å². The van der Waals surface area contributed by atoms with Crippen molar-refractivity contribution in [1.82, 2.24) is 0 Å². The molecule has 0 aliphatic carbocycles. The second-order valence-corrected chi connectivity index (χ2v) is 19.5. The molecule has 4 nitrogen and oxygen atoms in total. The molecule has 1 unspecified atom stereocenters. The van der Waals surface area contributed by atoms with Crippen LogP contribution in [-0.4, -0.2) is 31.2 Å². The van der Waals surface area contributed by atoms with Crippen molar-refractivity contribution in [2.45, 2.75) is 19.8 Å². The Morgan fingerprint density at radius 2 is 0.788 bits per heavy atom. The fourth-order valence-corrected chi connectivity index (χ4v) is 15.7. The number of rotatable bonds is 14. The van der Waals surface area contributed by atoms with Crippen LogP contribution in [0.5, 0.6) is 0 Å². The molecule has 0 spiro atoms. The van der Waals surface area contributed by atoms with Crippen molar-refractivity contribution in [3.8, 4) is 6.07 Å². The van der Waals surface area contributed by atoms with Crippen LogP contribution in [0.4, 0.5) is 0 Å². The van der Waals surface area contributed by atoms with Gasteiger partial charge in [0.05, 0.1) is 25.0 Å². The van der Waals surface area contributed by atoms with Gasteiger partial charge in [0.2, 0.25) is 0 Å². The van der Waals surface area contributed by atoms with Gasteiger partial charge in [0.1, 0.15) is 52.6 Å². The molecule has 0 saturated heterocycles. The van der Waals surface area contributed by atoms with Gasteiger partial charge in [0, 0.05) is 0 Å². The maximum atomic E-state index is 10.5. The van der Waals surface area contributed by atoms with Crippen LogP contribution in [0.3, 0.4) is 0 Å². The van der Waals surface area contributed by atoms with E-state index in [0.717, 1.165) is 12.3 Å². The van der Waals surface area contributed by atoms with Gasteiger partial charge in [-0.3, -0.25) is 4.79 Å². The van der Waals surface area contributed by atoms with Crippen molar-refractivity contribution in [3.05, 3.63) is 182 Å². The zero-order chi connectivity index (χ0) is 36.5. The maximum absolute atomic E-state index is 10.5. The summed E-state index contributed by atoms with van der Waals surface area (Å²) in [7, 11) is -3.68. The van der Waals surface area contributed by atoms with Crippen LogP contribution in [0.25, 0.3) is 0 Å². The molecule has 0 fully saturated rings. The van der Waals surface area contributed by atoms with Crippen molar-refractivity contribution in [2.24, 2.45) is 5.92 Å². The van der Waals surface area contributed by atoms with E-state index < -0.39 is 26.4 Å². The van der Waals surface area contributed by atoms with Gasteiger partial charge in [0.15, 0.2) is 5.92 Å². The smallest absolute Gasteiger partial charge is 0.330 e. The molecule has 0 heterocycles. The summed E-state index contributed by atoms with van der Waals surface area (Å²) in [6, 6.07) is 69.3. The number of carbonyl (C=O) groups is 2. The summed E-state index contributed by atoms with van der Waals surface area (Å²) in [5, 5.41) is 17.0.